The van der Waals surface area contributed by atoms with E-state index in [-0.39, 0.29) is 11.6 Å². The molecule has 0 radical (unpaired) electrons. The van der Waals surface area contributed by atoms with E-state index in [2.05, 4.69) is 95.8 Å². The topological polar surface area (TPSA) is 46.8 Å². The van der Waals surface area contributed by atoms with Crippen molar-refractivity contribution < 1.29 is 0 Å². The zero-order chi connectivity index (χ0) is 17.4. The average Bonchev–Trinajstić information content (AvgIpc) is 3.11. The second-order valence-electron chi connectivity index (χ2n) is 7.50. The maximum atomic E-state index is 4.44. The van der Waals surface area contributed by atoms with Gasteiger partial charge in [-0.1, -0.05) is 42.5 Å². The van der Waals surface area contributed by atoms with Crippen LogP contribution < -0.4 is 4.90 Å². The molecule has 0 fully saturated rings. The van der Waals surface area contributed by atoms with Gasteiger partial charge in [0, 0.05) is 12.2 Å². The van der Waals surface area contributed by atoms with Crippen LogP contribution in [0.4, 0.5) is 5.69 Å². The van der Waals surface area contributed by atoms with Gasteiger partial charge in [0.05, 0.1) is 5.54 Å². The molecule has 0 saturated heterocycles. The number of anilines is 1. The van der Waals surface area contributed by atoms with Gasteiger partial charge in [0.2, 0.25) is 0 Å². The first kappa shape index (κ1) is 15.8. The molecule has 5 heteroatoms. The Morgan fingerprint density at radius 1 is 0.960 bits per heavy atom. The van der Waals surface area contributed by atoms with Crippen molar-refractivity contribution >= 4 is 5.69 Å². The van der Waals surface area contributed by atoms with Crippen LogP contribution in [0.3, 0.4) is 0 Å². The minimum absolute atomic E-state index is 0.0153. The number of hydrogen-bond acceptors (Lipinski definition) is 4. The highest BCUT2D eigenvalue weighted by Gasteiger charge is 2.35. The fraction of sp³-hybridized carbons (Fsp3) is 0.350. The molecule has 0 bridgehead atoms. The van der Waals surface area contributed by atoms with E-state index < -0.39 is 0 Å². The Morgan fingerprint density at radius 3 is 2.44 bits per heavy atom. The molecule has 1 atom stereocenters. The van der Waals surface area contributed by atoms with E-state index in [0.717, 1.165) is 18.8 Å². The number of hydrogen-bond donors (Lipinski definition) is 0. The normalized spacial score (nSPS) is 17.4. The zero-order valence-corrected chi connectivity index (χ0v) is 14.9. The summed E-state index contributed by atoms with van der Waals surface area (Å²) >= 11 is 0. The zero-order valence-electron chi connectivity index (χ0n) is 14.9. The van der Waals surface area contributed by atoms with Crippen LogP contribution in [-0.4, -0.2) is 26.8 Å². The Bertz CT molecular complexity index is 863. The first-order valence-corrected chi connectivity index (χ1v) is 8.74. The van der Waals surface area contributed by atoms with Crippen molar-refractivity contribution in [3.63, 3.8) is 0 Å². The summed E-state index contributed by atoms with van der Waals surface area (Å²) in [5.41, 5.74) is 3.69. The summed E-state index contributed by atoms with van der Waals surface area (Å²) in [7, 11) is 0. The lowest BCUT2D eigenvalue weighted by molar-refractivity contribution is 0.328. The van der Waals surface area contributed by atoms with Crippen molar-refractivity contribution in [3.8, 4) is 0 Å². The molecule has 0 unspecified atom stereocenters. The third kappa shape index (κ3) is 2.80. The molecule has 1 aromatic heterocycles. The maximum absolute atomic E-state index is 4.44. The van der Waals surface area contributed by atoms with Crippen molar-refractivity contribution in [2.75, 3.05) is 11.4 Å². The van der Waals surface area contributed by atoms with Gasteiger partial charge in [0.1, 0.15) is 6.04 Å². The number of nitrogens with zero attached hydrogens (tertiary/aromatic N) is 5. The highest BCUT2D eigenvalue weighted by atomic mass is 15.6. The molecule has 2 aromatic carbocycles. The number of tetrazole rings is 1. The van der Waals surface area contributed by atoms with E-state index in [1.54, 1.807) is 0 Å². The summed E-state index contributed by atoms with van der Waals surface area (Å²) in [6, 6.07) is 19.2. The third-order valence-corrected chi connectivity index (χ3v) is 4.74. The van der Waals surface area contributed by atoms with Gasteiger partial charge in [-0.2, -0.15) is 0 Å². The number of rotatable bonds is 2. The minimum Gasteiger partial charge on any atom is -0.357 e. The monoisotopic (exact) mass is 333 g/mol. The maximum Gasteiger partial charge on any atom is 0.178 e. The number of para-hydroxylation sites is 1. The van der Waals surface area contributed by atoms with E-state index in [1.165, 1.54) is 16.8 Å². The first-order valence-electron chi connectivity index (χ1n) is 8.74. The number of fused-ring (bicyclic) bond motifs is 1. The summed E-state index contributed by atoms with van der Waals surface area (Å²) in [6.07, 6.45) is 1.03. The predicted molar refractivity (Wildman–Crippen MR) is 98.6 cm³/mol. The molecule has 0 N–H and O–H groups in total. The molecule has 128 valence electrons. The van der Waals surface area contributed by atoms with Gasteiger partial charge < -0.3 is 4.90 Å². The SMILES string of the molecule is CC(C)(C)n1nnnc1[C@H]1c2ccccc2CCN1c1ccccc1. The second kappa shape index (κ2) is 5.99. The molecular weight excluding hydrogens is 310 g/mol. The van der Waals surface area contributed by atoms with Crippen LogP contribution in [0.5, 0.6) is 0 Å². The van der Waals surface area contributed by atoms with E-state index in [0.29, 0.717) is 0 Å². The molecule has 5 nitrogen and oxygen atoms in total. The highest BCUT2D eigenvalue weighted by molar-refractivity contribution is 5.54. The van der Waals surface area contributed by atoms with Crippen LogP contribution in [-0.2, 0) is 12.0 Å². The Kier molecular flexibility index (Phi) is 3.79. The third-order valence-electron chi connectivity index (χ3n) is 4.74. The lowest BCUT2D eigenvalue weighted by atomic mass is 9.91. The Labute approximate surface area is 148 Å². The summed E-state index contributed by atoms with van der Waals surface area (Å²) in [6.45, 7) is 7.35. The minimum atomic E-state index is -0.173. The summed E-state index contributed by atoms with van der Waals surface area (Å²) in [5.74, 6) is 0.892. The van der Waals surface area contributed by atoms with Gasteiger partial charge in [0.15, 0.2) is 5.82 Å². The summed E-state index contributed by atoms with van der Waals surface area (Å²) in [4.78, 5) is 2.41. The van der Waals surface area contributed by atoms with Crippen LogP contribution in [0.15, 0.2) is 54.6 Å². The molecule has 1 aliphatic heterocycles. The molecule has 0 saturated carbocycles. The highest BCUT2D eigenvalue weighted by Crippen LogP contribution is 2.38. The molecule has 25 heavy (non-hydrogen) atoms. The van der Waals surface area contributed by atoms with Crippen LogP contribution in [0.1, 0.15) is 43.8 Å². The molecule has 0 spiro atoms. The van der Waals surface area contributed by atoms with E-state index in [9.17, 15) is 0 Å². The lowest BCUT2D eigenvalue weighted by Gasteiger charge is -2.39. The summed E-state index contributed by atoms with van der Waals surface area (Å²) < 4.78 is 1.95. The van der Waals surface area contributed by atoms with Crippen LogP contribution >= 0.6 is 0 Å². The van der Waals surface area contributed by atoms with Crippen molar-refractivity contribution in [2.45, 2.75) is 38.8 Å². The number of benzene rings is 2. The Balaban J connectivity index is 1.89. The molecule has 2 heterocycles. The summed E-state index contributed by atoms with van der Waals surface area (Å²) in [5, 5.41) is 12.7. The van der Waals surface area contributed by atoms with Gasteiger partial charge in [-0.15, -0.1) is 5.10 Å². The predicted octanol–water partition coefficient (Wildman–Crippen LogP) is 3.58. The van der Waals surface area contributed by atoms with Gasteiger partial charge in [-0.05, 0) is 60.9 Å². The van der Waals surface area contributed by atoms with Crippen molar-refractivity contribution in [3.05, 3.63) is 71.5 Å². The standard InChI is InChI=1S/C20H23N5/c1-20(2,3)25-19(21-22-23-25)18-17-12-8-7-9-15(17)13-14-24(18)16-10-5-4-6-11-16/h4-12,18H,13-14H2,1-3H3/t18-/m1/s1. The molecule has 0 aliphatic carbocycles. The van der Waals surface area contributed by atoms with Crippen LogP contribution in [0.25, 0.3) is 0 Å². The quantitative estimate of drug-likeness (QED) is 0.719. The molecular formula is C20H23N5. The smallest absolute Gasteiger partial charge is 0.178 e. The molecule has 1 aliphatic rings. The fourth-order valence-corrected chi connectivity index (χ4v) is 3.58. The van der Waals surface area contributed by atoms with E-state index >= 15 is 0 Å². The molecule has 3 aromatic rings. The molecule has 0 amide bonds. The van der Waals surface area contributed by atoms with Gasteiger partial charge in [-0.3, -0.25) is 0 Å². The second-order valence-corrected chi connectivity index (χ2v) is 7.50. The first-order chi connectivity index (χ1) is 12.1. The largest absolute Gasteiger partial charge is 0.357 e. The van der Waals surface area contributed by atoms with Crippen molar-refractivity contribution in [1.82, 2.24) is 20.2 Å². The number of aromatic nitrogens is 4. The van der Waals surface area contributed by atoms with Crippen molar-refractivity contribution in [1.29, 1.82) is 0 Å². The van der Waals surface area contributed by atoms with Gasteiger partial charge in [0.25, 0.3) is 0 Å². The Hall–Kier alpha value is -2.69. The van der Waals surface area contributed by atoms with E-state index in [4.69, 9.17) is 0 Å². The van der Waals surface area contributed by atoms with Gasteiger partial charge >= 0.3 is 0 Å². The van der Waals surface area contributed by atoms with Crippen LogP contribution in [0, 0.1) is 0 Å². The van der Waals surface area contributed by atoms with Crippen LogP contribution in [0.2, 0.25) is 0 Å². The Morgan fingerprint density at radius 2 is 1.68 bits per heavy atom. The lowest BCUT2D eigenvalue weighted by Crippen LogP contribution is -2.39. The fourth-order valence-electron chi connectivity index (χ4n) is 3.58. The molecule has 4 rings (SSSR count). The van der Waals surface area contributed by atoms with Gasteiger partial charge in [-0.25, -0.2) is 4.68 Å². The average molecular weight is 333 g/mol. The van der Waals surface area contributed by atoms with Crippen molar-refractivity contribution in [2.24, 2.45) is 0 Å². The van der Waals surface area contributed by atoms with E-state index in [1.807, 2.05) is 4.68 Å².